The lowest BCUT2D eigenvalue weighted by Gasteiger charge is -2.26. The Morgan fingerprint density at radius 3 is 2.59 bits per heavy atom. The Labute approximate surface area is 254 Å². The first-order valence-corrected chi connectivity index (χ1v) is 14.8. The molecule has 5 rings (SSSR count). The number of rotatable bonds is 8. The molecule has 0 amide bonds. The summed E-state index contributed by atoms with van der Waals surface area (Å²) < 4.78 is 19.1. The second-order valence-corrected chi connectivity index (χ2v) is 11.2. The van der Waals surface area contributed by atoms with Crippen molar-refractivity contribution in [2.75, 3.05) is 20.3 Å². The standard InChI is InChI=1S/C31H27IN2O6S/c1-4-39-23-15-18(14-22(32)28(23)35)16-24-29(36)34-27(20-12-9-13-21(17-20)38-3)25(30(37)40-5-2)26(33-31(34)41-24)19-10-7-6-8-11-19/h6-17,27,35H,4-5H2,1-3H3/b24-16-/t27-/m1/s1. The van der Waals surface area contributed by atoms with E-state index >= 15 is 0 Å². The van der Waals surface area contributed by atoms with E-state index < -0.39 is 12.0 Å². The van der Waals surface area contributed by atoms with Crippen molar-refractivity contribution in [1.29, 1.82) is 0 Å². The van der Waals surface area contributed by atoms with Gasteiger partial charge in [-0.15, -0.1) is 0 Å². The maximum Gasteiger partial charge on any atom is 0.338 e. The second-order valence-electron chi connectivity index (χ2n) is 8.99. The highest BCUT2D eigenvalue weighted by molar-refractivity contribution is 14.1. The van der Waals surface area contributed by atoms with Gasteiger partial charge in [0.1, 0.15) is 5.75 Å². The summed E-state index contributed by atoms with van der Waals surface area (Å²) in [6.45, 7) is 4.13. The van der Waals surface area contributed by atoms with Gasteiger partial charge in [-0.1, -0.05) is 53.8 Å². The third-order valence-electron chi connectivity index (χ3n) is 6.43. The largest absolute Gasteiger partial charge is 0.504 e. The Balaban J connectivity index is 1.81. The molecule has 4 aromatic rings. The lowest BCUT2D eigenvalue weighted by atomic mass is 9.93. The van der Waals surface area contributed by atoms with Gasteiger partial charge >= 0.3 is 5.97 Å². The molecule has 0 radical (unpaired) electrons. The van der Waals surface area contributed by atoms with Crippen molar-refractivity contribution in [3.63, 3.8) is 0 Å². The number of carbonyl (C=O) groups is 1. The molecule has 0 aliphatic carbocycles. The molecule has 1 aliphatic heterocycles. The molecule has 1 N–H and O–H groups in total. The minimum Gasteiger partial charge on any atom is -0.504 e. The molecule has 2 heterocycles. The van der Waals surface area contributed by atoms with Gasteiger partial charge in [0.15, 0.2) is 16.3 Å². The SMILES string of the molecule is CCOC(=O)C1=C(c2ccccc2)N=c2s/c(=C\c3cc(I)c(O)c(OCC)c3)c(=O)n2[C@@H]1c1cccc(OC)c1. The number of aromatic nitrogens is 1. The van der Waals surface area contributed by atoms with Crippen LogP contribution in [0, 0.1) is 3.57 Å². The molecular weight excluding hydrogens is 655 g/mol. The number of esters is 1. The van der Waals surface area contributed by atoms with E-state index in [2.05, 4.69) is 0 Å². The van der Waals surface area contributed by atoms with Crippen molar-refractivity contribution in [2.24, 2.45) is 4.99 Å². The molecule has 8 nitrogen and oxygen atoms in total. The summed E-state index contributed by atoms with van der Waals surface area (Å²) in [7, 11) is 1.57. The van der Waals surface area contributed by atoms with Crippen molar-refractivity contribution in [3.8, 4) is 17.2 Å². The lowest BCUT2D eigenvalue weighted by molar-refractivity contribution is -0.138. The summed E-state index contributed by atoms with van der Waals surface area (Å²) in [5.41, 5.74) is 2.51. The molecule has 1 aliphatic rings. The van der Waals surface area contributed by atoms with Crippen molar-refractivity contribution in [1.82, 2.24) is 4.57 Å². The fourth-order valence-corrected chi connectivity index (χ4v) is 6.29. The fraction of sp³-hybridized carbons (Fsp3) is 0.194. The molecule has 0 fully saturated rings. The molecule has 1 aromatic heterocycles. The number of thiazole rings is 1. The topological polar surface area (TPSA) is 99.4 Å². The van der Waals surface area contributed by atoms with Gasteiger partial charge in [0.25, 0.3) is 5.56 Å². The van der Waals surface area contributed by atoms with Crippen LogP contribution in [0.5, 0.6) is 17.2 Å². The number of phenolic OH excluding ortho intramolecular Hbond substituents is 1. The molecule has 10 heteroatoms. The first-order chi connectivity index (χ1) is 19.9. The number of carbonyl (C=O) groups excluding carboxylic acids is 1. The van der Waals surface area contributed by atoms with E-state index in [1.54, 1.807) is 36.8 Å². The van der Waals surface area contributed by atoms with E-state index in [9.17, 15) is 14.7 Å². The maximum absolute atomic E-state index is 14.1. The minimum absolute atomic E-state index is 0.0515. The van der Waals surface area contributed by atoms with Crippen molar-refractivity contribution in [3.05, 3.63) is 112 Å². The predicted molar refractivity (Wildman–Crippen MR) is 166 cm³/mol. The average molecular weight is 683 g/mol. The summed E-state index contributed by atoms with van der Waals surface area (Å²) in [6.07, 6.45) is 1.74. The van der Waals surface area contributed by atoms with Crippen LogP contribution in [-0.4, -0.2) is 36.0 Å². The Bertz CT molecular complexity index is 1830. The highest BCUT2D eigenvalue weighted by Gasteiger charge is 2.35. The van der Waals surface area contributed by atoms with Gasteiger partial charge in [0.2, 0.25) is 0 Å². The number of hydrogen-bond donors (Lipinski definition) is 1. The molecule has 210 valence electrons. The first kappa shape index (κ1) is 28.6. The molecule has 41 heavy (non-hydrogen) atoms. The summed E-state index contributed by atoms with van der Waals surface area (Å²) in [5, 5.41) is 10.4. The Morgan fingerprint density at radius 2 is 1.88 bits per heavy atom. The normalized spacial score (nSPS) is 14.8. The molecule has 0 bridgehead atoms. The van der Waals surface area contributed by atoms with Gasteiger partial charge in [0.05, 0.1) is 45.7 Å². The van der Waals surface area contributed by atoms with Gasteiger partial charge in [-0.3, -0.25) is 9.36 Å². The predicted octanol–water partition coefficient (Wildman–Crippen LogP) is 4.65. The molecular formula is C31H27IN2O6S. The van der Waals surface area contributed by atoms with Crippen LogP contribution in [0.15, 0.2) is 82.1 Å². The van der Waals surface area contributed by atoms with E-state index in [1.807, 2.05) is 84.1 Å². The minimum atomic E-state index is -0.809. The number of hydrogen-bond acceptors (Lipinski definition) is 8. The first-order valence-electron chi connectivity index (χ1n) is 12.9. The van der Waals surface area contributed by atoms with E-state index in [0.29, 0.717) is 47.8 Å². The monoisotopic (exact) mass is 682 g/mol. The van der Waals surface area contributed by atoms with Crippen LogP contribution in [0.3, 0.4) is 0 Å². The van der Waals surface area contributed by atoms with Crippen LogP contribution < -0.4 is 24.4 Å². The number of aromatic hydroxyl groups is 1. The highest BCUT2D eigenvalue weighted by atomic mass is 127. The zero-order valence-electron chi connectivity index (χ0n) is 22.6. The molecule has 0 spiro atoms. The Kier molecular flexibility index (Phi) is 8.60. The maximum atomic E-state index is 14.1. The Morgan fingerprint density at radius 1 is 1.10 bits per heavy atom. The van der Waals surface area contributed by atoms with Crippen LogP contribution in [0.1, 0.15) is 36.6 Å². The Hall–Kier alpha value is -3.90. The number of nitrogens with zero attached hydrogens (tertiary/aromatic N) is 2. The summed E-state index contributed by atoms with van der Waals surface area (Å²) in [5.74, 6) is 0.430. The van der Waals surface area contributed by atoms with E-state index in [-0.39, 0.29) is 23.5 Å². The smallest absolute Gasteiger partial charge is 0.338 e. The number of halogens is 1. The van der Waals surface area contributed by atoms with E-state index in [0.717, 1.165) is 5.56 Å². The number of methoxy groups -OCH3 is 1. The van der Waals surface area contributed by atoms with Crippen LogP contribution >= 0.6 is 33.9 Å². The molecule has 0 saturated heterocycles. The molecule has 0 saturated carbocycles. The molecule has 0 unspecified atom stereocenters. The number of ether oxygens (including phenoxy) is 3. The van der Waals surface area contributed by atoms with Crippen molar-refractivity contribution in [2.45, 2.75) is 19.9 Å². The zero-order chi connectivity index (χ0) is 29.1. The summed E-state index contributed by atoms with van der Waals surface area (Å²) in [4.78, 5) is 33.0. The quantitative estimate of drug-likeness (QED) is 0.215. The third kappa shape index (κ3) is 5.66. The van der Waals surface area contributed by atoms with Crippen molar-refractivity contribution >= 4 is 51.7 Å². The van der Waals surface area contributed by atoms with Gasteiger partial charge < -0.3 is 19.3 Å². The van der Waals surface area contributed by atoms with Gasteiger partial charge in [-0.05, 0) is 77.9 Å². The van der Waals surface area contributed by atoms with Crippen LogP contribution in [0.25, 0.3) is 11.8 Å². The summed E-state index contributed by atoms with van der Waals surface area (Å²) in [6, 6.07) is 19.3. The summed E-state index contributed by atoms with van der Waals surface area (Å²) >= 11 is 3.25. The number of phenols is 1. The van der Waals surface area contributed by atoms with E-state index in [1.165, 1.54) is 11.3 Å². The van der Waals surface area contributed by atoms with Crippen LogP contribution in [0.2, 0.25) is 0 Å². The van der Waals surface area contributed by atoms with E-state index in [4.69, 9.17) is 19.2 Å². The lowest BCUT2D eigenvalue weighted by Crippen LogP contribution is -2.40. The molecule has 3 aromatic carbocycles. The van der Waals surface area contributed by atoms with Gasteiger partial charge in [0, 0.05) is 5.56 Å². The van der Waals surface area contributed by atoms with Crippen LogP contribution in [0.4, 0.5) is 0 Å². The van der Waals surface area contributed by atoms with Gasteiger partial charge in [-0.25, -0.2) is 9.79 Å². The molecule has 1 atom stereocenters. The van der Waals surface area contributed by atoms with Gasteiger partial charge in [-0.2, -0.15) is 0 Å². The van der Waals surface area contributed by atoms with Crippen LogP contribution in [-0.2, 0) is 9.53 Å². The zero-order valence-corrected chi connectivity index (χ0v) is 25.6. The fourth-order valence-electron chi connectivity index (χ4n) is 4.66. The number of benzene rings is 3. The average Bonchev–Trinajstić information content (AvgIpc) is 3.29. The van der Waals surface area contributed by atoms with Crippen molar-refractivity contribution < 1.29 is 24.1 Å². The number of fused-ring (bicyclic) bond motifs is 1. The second kappa shape index (κ2) is 12.3. The third-order valence-corrected chi connectivity index (χ3v) is 8.24. The highest BCUT2D eigenvalue weighted by Crippen LogP contribution is 2.36.